The molecule has 0 aliphatic heterocycles. The fraction of sp³-hybridized carbons (Fsp3) is 0.923. The van der Waals surface area contributed by atoms with Crippen molar-refractivity contribution in [2.75, 3.05) is 20.2 Å². The Morgan fingerprint density at radius 1 is 1.47 bits per heavy atom. The van der Waals surface area contributed by atoms with Crippen LogP contribution in [-0.4, -0.2) is 42.2 Å². The molecule has 0 spiro atoms. The number of guanidine groups is 1. The van der Waals surface area contributed by atoms with Crippen molar-refractivity contribution in [3.05, 3.63) is 0 Å². The molecule has 0 radical (unpaired) electrons. The van der Waals surface area contributed by atoms with Gasteiger partial charge in [0.1, 0.15) is 0 Å². The summed E-state index contributed by atoms with van der Waals surface area (Å²) in [6.07, 6.45) is 4.39. The Bertz CT molecular complexity index is 249. The van der Waals surface area contributed by atoms with Gasteiger partial charge >= 0.3 is 0 Å². The molecule has 1 saturated carbocycles. The zero-order valence-electron chi connectivity index (χ0n) is 11.4. The topological polar surface area (TPSA) is 61.9 Å². The van der Waals surface area contributed by atoms with Crippen LogP contribution in [0.25, 0.3) is 0 Å². The second kappa shape index (κ2) is 6.84. The molecule has 0 saturated heterocycles. The van der Waals surface area contributed by atoms with Crippen LogP contribution in [0, 0.1) is 11.8 Å². The summed E-state index contributed by atoms with van der Waals surface area (Å²) in [5.74, 6) is 1.74. The predicted molar refractivity (Wildman–Crippen MR) is 71.9 cm³/mol. The SMILES string of the molecule is CC(C)CC(CCO)CN=C(N)N(C)C1CC1. The van der Waals surface area contributed by atoms with Gasteiger partial charge in [0.05, 0.1) is 0 Å². The highest BCUT2D eigenvalue weighted by atomic mass is 16.3. The Labute approximate surface area is 105 Å². The molecule has 4 nitrogen and oxygen atoms in total. The van der Waals surface area contributed by atoms with E-state index in [-0.39, 0.29) is 6.61 Å². The lowest BCUT2D eigenvalue weighted by atomic mass is 9.94. The van der Waals surface area contributed by atoms with Gasteiger partial charge in [0.2, 0.25) is 0 Å². The average molecular weight is 241 g/mol. The molecular weight excluding hydrogens is 214 g/mol. The van der Waals surface area contributed by atoms with Crippen LogP contribution >= 0.6 is 0 Å². The molecule has 4 heteroatoms. The standard InChI is InChI=1S/C13H27N3O/c1-10(2)8-11(6-7-17)9-15-13(14)16(3)12-4-5-12/h10-12,17H,4-9H2,1-3H3,(H2,14,15). The van der Waals surface area contributed by atoms with Crippen molar-refractivity contribution in [2.24, 2.45) is 22.6 Å². The molecule has 1 aliphatic carbocycles. The zero-order chi connectivity index (χ0) is 12.8. The quantitative estimate of drug-likeness (QED) is 0.524. The van der Waals surface area contributed by atoms with Crippen LogP contribution in [0.1, 0.15) is 39.5 Å². The van der Waals surface area contributed by atoms with Gasteiger partial charge < -0.3 is 15.7 Å². The molecule has 0 aromatic heterocycles. The Morgan fingerprint density at radius 3 is 2.59 bits per heavy atom. The van der Waals surface area contributed by atoms with E-state index in [0.717, 1.165) is 19.4 Å². The van der Waals surface area contributed by atoms with Gasteiger partial charge in [-0.1, -0.05) is 13.8 Å². The van der Waals surface area contributed by atoms with Crippen molar-refractivity contribution >= 4 is 5.96 Å². The van der Waals surface area contributed by atoms with Gasteiger partial charge in [-0.2, -0.15) is 0 Å². The number of hydrogen-bond acceptors (Lipinski definition) is 2. The average Bonchev–Trinajstić information content (AvgIpc) is 3.07. The molecule has 1 unspecified atom stereocenters. The van der Waals surface area contributed by atoms with Crippen molar-refractivity contribution in [1.82, 2.24) is 4.90 Å². The first-order valence-electron chi connectivity index (χ1n) is 6.68. The molecule has 1 fully saturated rings. The lowest BCUT2D eigenvalue weighted by Crippen LogP contribution is -2.36. The molecule has 1 atom stereocenters. The number of aliphatic imine (C=N–C) groups is 1. The summed E-state index contributed by atoms with van der Waals surface area (Å²) in [6.45, 7) is 5.38. The smallest absolute Gasteiger partial charge is 0.191 e. The fourth-order valence-electron chi connectivity index (χ4n) is 2.12. The lowest BCUT2D eigenvalue weighted by molar-refractivity contribution is 0.245. The minimum absolute atomic E-state index is 0.241. The van der Waals surface area contributed by atoms with Gasteiger partial charge in [0, 0.05) is 26.2 Å². The van der Waals surface area contributed by atoms with Crippen molar-refractivity contribution < 1.29 is 5.11 Å². The summed E-state index contributed by atoms with van der Waals surface area (Å²) in [7, 11) is 2.01. The second-order valence-electron chi connectivity index (χ2n) is 5.55. The van der Waals surface area contributed by atoms with E-state index in [4.69, 9.17) is 10.8 Å². The van der Waals surface area contributed by atoms with Crippen molar-refractivity contribution in [3.8, 4) is 0 Å². The van der Waals surface area contributed by atoms with Crippen LogP contribution in [-0.2, 0) is 0 Å². The summed E-state index contributed by atoms with van der Waals surface area (Å²) in [5, 5.41) is 9.03. The Hall–Kier alpha value is -0.770. The number of nitrogens with zero attached hydrogens (tertiary/aromatic N) is 2. The van der Waals surface area contributed by atoms with Crippen LogP contribution in [0.4, 0.5) is 0 Å². The number of rotatable bonds is 7. The number of nitrogens with two attached hydrogens (primary N) is 1. The van der Waals surface area contributed by atoms with E-state index >= 15 is 0 Å². The van der Waals surface area contributed by atoms with Gasteiger partial charge in [-0.05, 0) is 37.5 Å². The van der Waals surface area contributed by atoms with E-state index in [1.165, 1.54) is 12.8 Å². The normalized spacial score (nSPS) is 18.5. The molecule has 3 N–H and O–H groups in total. The van der Waals surface area contributed by atoms with E-state index in [1.807, 2.05) is 7.05 Å². The Kier molecular flexibility index (Phi) is 5.75. The molecule has 0 aromatic carbocycles. The maximum absolute atomic E-state index is 9.03. The predicted octanol–water partition coefficient (Wildman–Crippen LogP) is 1.44. The first-order chi connectivity index (χ1) is 8.04. The van der Waals surface area contributed by atoms with E-state index < -0.39 is 0 Å². The molecule has 1 aliphatic rings. The molecule has 0 heterocycles. The minimum Gasteiger partial charge on any atom is -0.396 e. The van der Waals surface area contributed by atoms with Gasteiger partial charge in [-0.15, -0.1) is 0 Å². The molecular formula is C13H27N3O. The molecule has 1 rings (SSSR count). The van der Waals surface area contributed by atoms with Crippen LogP contribution in [0.2, 0.25) is 0 Å². The zero-order valence-corrected chi connectivity index (χ0v) is 11.4. The maximum atomic E-state index is 9.03. The number of aliphatic hydroxyl groups excluding tert-OH is 1. The molecule has 100 valence electrons. The van der Waals surface area contributed by atoms with Crippen molar-refractivity contribution in [1.29, 1.82) is 0 Å². The van der Waals surface area contributed by atoms with Crippen LogP contribution in [0.5, 0.6) is 0 Å². The molecule has 17 heavy (non-hydrogen) atoms. The van der Waals surface area contributed by atoms with Crippen molar-refractivity contribution in [3.63, 3.8) is 0 Å². The van der Waals surface area contributed by atoms with Gasteiger partial charge in [-0.25, -0.2) is 0 Å². The number of hydrogen-bond donors (Lipinski definition) is 2. The van der Waals surface area contributed by atoms with E-state index in [0.29, 0.717) is 23.8 Å². The molecule has 0 bridgehead atoms. The number of aliphatic hydroxyl groups is 1. The minimum atomic E-state index is 0.241. The second-order valence-corrected chi connectivity index (χ2v) is 5.55. The fourth-order valence-corrected chi connectivity index (χ4v) is 2.12. The highest BCUT2D eigenvalue weighted by molar-refractivity contribution is 5.78. The highest BCUT2D eigenvalue weighted by Gasteiger charge is 2.27. The Morgan fingerprint density at radius 2 is 2.12 bits per heavy atom. The first-order valence-corrected chi connectivity index (χ1v) is 6.68. The monoisotopic (exact) mass is 241 g/mol. The van der Waals surface area contributed by atoms with Gasteiger partial charge in [0.15, 0.2) is 5.96 Å². The largest absolute Gasteiger partial charge is 0.396 e. The third-order valence-electron chi connectivity index (χ3n) is 3.31. The third kappa shape index (κ3) is 5.39. The summed E-state index contributed by atoms with van der Waals surface area (Å²) in [5.41, 5.74) is 5.95. The van der Waals surface area contributed by atoms with E-state index in [9.17, 15) is 0 Å². The highest BCUT2D eigenvalue weighted by Crippen LogP contribution is 2.25. The first kappa shape index (κ1) is 14.3. The van der Waals surface area contributed by atoms with Gasteiger partial charge in [0.25, 0.3) is 0 Å². The third-order valence-corrected chi connectivity index (χ3v) is 3.31. The van der Waals surface area contributed by atoms with Crippen LogP contribution in [0.3, 0.4) is 0 Å². The Balaban J connectivity index is 2.39. The lowest BCUT2D eigenvalue weighted by Gasteiger charge is -2.20. The summed E-state index contributed by atoms with van der Waals surface area (Å²) < 4.78 is 0. The summed E-state index contributed by atoms with van der Waals surface area (Å²) >= 11 is 0. The summed E-state index contributed by atoms with van der Waals surface area (Å²) in [6, 6.07) is 0.611. The maximum Gasteiger partial charge on any atom is 0.191 e. The van der Waals surface area contributed by atoms with Gasteiger partial charge in [-0.3, -0.25) is 4.99 Å². The summed E-state index contributed by atoms with van der Waals surface area (Å²) in [4.78, 5) is 6.54. The van der Waals surface area contributed by atoms with Crippen LogP contribution < -0.4 is 5.73 Å². The van der Waals surface area contributed by atoms with Crippen LogP contribution in [0.15, 0.2) is 4.99 Å². The van der Waals surface area contributed by atoms with E-state index in [2.05, 4.69) is 23.7 Å². The molecule has 0 aromatic rings. The van der Waals surface area contributed by atoms with E-state index in [1.54, 1.807) is 0 Å². The van der Waals surface area contributed by atoms with Crippen molar-refractivity contribution in [2.45, 2.75) is 45.6 Å². The molecule has 0 amide bonds.